The van der Waals surface area contributed by atoms with Crippen molar-refractivity contribution in [2.24, 2.45) is 0 Å². The molecule has 1 aromatic rings. The summed E-state index contributed by atoms with van der Waals surface area (Å²) in [4.78, 5) is 29.3. The number of anilines is 1. The predicted molar refractivity (Wildman–Crippen MR) is 95.6 cm³/mol. The molecule has 9 nitrogen and oxygen atoms in total. The van der Waals surface area contributed by atoms with Crippen molar-refractivity contribution >= 4 is 29.3 Å². The number of hydrogen-bond donors (Lipinski definition) is 3. The van der Waals surface area contributed by atoms with E-state index in [1.165, 1.54) is 13.2 Å². The average Bonchev–Trinajstić information content (AvgIpc) is 2.62. The van der Waals surface area contributed by atoms with E-state index >= 15 is 0 Å². The van der Waals surface area contributed by atoms with Crippen LogP contribution >= 0.6 is 11.6 Å². The van der Waals surface area contributed by atoms with E-state index in [1.54, 1.807) is 7.11 Å². The Bertz CT molecular complexity index is 672. The van der Waals surface area contributed by atoms with Crippen LogP contribution in [-0.2, 0) is 9.53 Å². The van der Waals surface area contributed by atoms with Crippen LogP contribution in [0.1, 0.15) is 23.2 Å². The number of nitrogens with zero attached hydrogens (tertiary/aromatic N) is 2. The number of nitrogen functional groups attached to an aromatic ring is 1. The van der Waals surface area contributed by atoms with Crippen molar-refractivity contribution in [1.82, 2.24) is 15.2 Å². The predicted octanol–water partition coefficient (Wildman–Crippen LogP) is 0.620. The second kappa shape index (κ2) is 9.02. The molecule has 144 valence electrons. The van der Waals surface area contributed by atoms with Gasteiger partial charge >= 0.3 is 5.97 Å². The summed E-state index contributed by atoms with van der Waals surface area (Å²) in [5.41, 5.74) is 5.83. The Labute approximate surface area is 156 Å². The molecule has 26 heavy (non-hydrogen) atoms. The van der Waals surface area contributed by atoms with E-state index in [9.17, 15) is 9.59 Å². The van der Waals surface area contributed by atoms with Crippen molar-refractivity contribution in [3.63, 3.8) is 0 Å². The van der Waals surface area contributed by atoms with Crippen LogP contribution in [0.2, 0.25) is 5.02 Å². The molecule has 0 radical (unpaired) electrons. The minimum absolute atomic E-state index is 0.0697. The third kappa shape index (κ3) is 4.96. The second-order valence-electron chi connectivity index (χ2n) is 6.00. The maximum atomic E-state index is 12.6. The fraction of sp³-hybridized carbons (Fsp3) is 0.562. The Hall–Kier alpha value is -2.10. The summed E-state index contributed by atoms with van der Waals surface area (Å²) in [6.07, 6.45) is 0.437. The Kier molecular flexibility index (Phi) is 7.01. The third-order valence-electron chi connectivity index (χ3n) is 4.31. The molecule has 2 atom stereocenters. The Balaban J connectivity index is 2.05. The molecule has 10 heteroatoms. The lowest BCUT2D eigenvalue weighted by Crippen LogP contribution is -2.55. The number of rotatable bonds is 7. The minimum Gasteiger partial charge on any atom is -0.481 e. The molecule has 1 aliphatic rings. The first-order valence-corrected chi connectivity index (χ1v) is 8.51. The molecule has 0 aromatic carbocycles. The van der Waals surface area contributed by atoms with Gasteiger partial charge in [-0.05, 0) is 12.5 Å². The molecule has 0 saturated carbocycles. The van der Waals surface area contributed by atoms with Gasteiger partial charge < -0.3 is 30.5 Å². The zero-order valence-electron chi connectivity index (χ0n) is 14.7. The van der Waals surface area contributed by atoms with Crippen molar-refractivity contribution < 1.29 is 24.2 Å². The molecular formula is C16H23ClN4O5. The largest absolute Gasteiger partial charge is 0.481 e. The molecule has 1 aromatic heterocycles. The van der Waals surface area contributed by atoms with E-state index in [-0.39, 0.29) is 46.8 Å². The number of hydrogen-bond acceptors (Lipinski definition) is 7. The Morgan fingerprint density at radius 2 is 2.23 bits per heavy atom. The van der Waals surface area contributed by atoms with Gasteiger partial charge in [0, 0.05) is 26.7 Å². The second-order valence-corrected chi connectivity index (χ2v) is 6.41. The third-order valence-corrected chi connectivity index (χ3v) is 4.61. The smallest absolute Gasteiger partial charge is 0.304 e. The zero-order chi connectivity index (χ0) is 19.3. The van der Waals surface area contributed by atoms with E-state index < -0.39 is 5.97 Å². The highest BCUT2D eigenvalue weighted by molar-refractivity contribution is 6.33. The fourth-order valence-electron chi connectivity index (χ4n) is 2.89. The number of ether oxygens (including phenoxy) is 2. The van der Waals surface area contributed by atoms with Crippen molar-refractivity contribution in [3.8, 4) is 5.88 Å². The number of piperidine rings is 1. The fourth-order valence-corrected chi connectivity index (χ4v) is 3.04. The summed E-state index contributed by atoms with van der Waals surface area (Å²) in [5, 5.41) is 11.9. The SMILES string of the molecule is COc1nc(N)c(Cl)cc1C(=O)NC1CCN(CCC(=O)O)CC1OC. The van der Waals surface area contributed by atoms with Crippen LogP contribution < -0.4 is 15.8 Å². The number of aromatic nitrogens is 1. The maximum absolute atomic E-state index is 12.6. The molecule has 1 saturated heterocycles. The van der Waals surface area contributed by atoms with Gasteiger partial charge in [-0.15, -0.1) is 0 Å². The average molecular weight is 387 g/mol. The normalized spacial score (nSPS) is 20.6. The Morgan fingerprint density at radius 3 is 2.85 bits per heavy atom. The number of aliphatic carboxylic acids is 1. The summed E-state index contributed by atoms with van der Waals surface area (Å²) < 4.78 is 10.6. The molecule has 0 bridgehead atoms. The van der Waals surface area contributed by atoms with Crippen molar-refractivity contribution in [3.05, 3.63) is 16.7 Å². The first-order valence-electron chi connectivity index (χ1n) is 8.13. The molecule has 1 amide bonds. The number of amides is 1. The number of likely N-dealkylation sites (tertiary alicyclic amines) is 1. The van der Waals surface area contributed by atoms with Crippen LogP contribution in [0, 0.1) is 0 Å². The summed E-state index contributed by atoms with van der Waals surface area (Å²) in [6.45, 7) is 1.64. The molecule has 2 heterocycles. The van der Waals surface area contributed by atoms with Gasteiger partial charge in [0.05, 0.1) is 30.7 Å². The highest BCUT2D eigenvalue weighted by Crippen LogP contribution is 2.25. The number of methoxy groups -OCH3 is 2. The molecule has 4 N–H and O–H groups in total. The van der Waals surface area contributed by atoms with Gasteiger partial charge in [-0.2, -0.15) is 4.98 Å². The number of carbonyl (C=O) groups excluding carboxylic acids is 1. The molecule has 2 unspecified atom stereocenters. The number of carboxylic acids is 1. The first kappa shape index (κ1) is 20.2. The van der Waals surface area contributed by atoms with Gasteiger partial charge in [0.15, 0.2) is 0 Å². The van der Waals surface area contributed by atoms with Crippen molar-refractivity contribution in [1.29, 1.82) is 0 Å². The molecule has 0 aliphatic carbocycles. The Morgan fingerprint density at radius 1 is 1.50 bits per heavy atom. The van der Waals surface area contributed by atoms with E-state index in [1.807, 2.05) is 4.90 Å². The van der Waals surface area contributed by atoms with E-state index in [0.717, 1.165) is 0 Å². The number of nitrogens with two attached hydrogens (primary N) is 1. The van der Waals surface area contributed by atoms with Crippen molar-refractivity contribution in [2.75, 3.05) is 39.6 Å². The van der Waals surface area contributed by atoms with Crippen LogP contribution in [0.4, 0.5) is 5.82 Å². The van der Waals surface area contributed by atoms with E-state index in [0.29, 0.717) is 26.1 Å². The van der Waals surface area contributed by atoms with Gasteiger partial charge in [0.25, 0.3) is 5.91 Å². The van der Waals surface area contributed by atoms with Crippen LogP contribution in [0.3, 0.4) is 0 Å². The number of nitrogens with one attached hydrogen (secondary N) is 1. The van der Waals surface area contributed by atoms with Crippen LogP contribution in [0.15, 0.2) is 6.07 Å². The molecule has 1 aliphatic heterocycles. The number of carbonyl (C=O) groups is 2. The molecular weight excluding hydrogens is 364 g/mol. The topological polar surface area (TPSA) is 127 Å². The van der Waals surface area contributed by atoms with Crippen LogP contribution in [0.25, 0.3) is 0 Å². The standard InChI is InChI=1S/C16H23ClN4O5/c1-25-12-8-21(6-4-13(22)23)5-3-11(12)19-15(24)9-7-10(17)14(18)20-16(9)26-2/h7,11-12H,3-6,8H2,1-2H3,(H2,18,20)(H,19,24)(H,22,23). The van der Waals surface area contributed by atoms with Gasteiger partial charge in [-0.3, -0.25) is 9.59 Å². The van der Waals surface area contributed by atoms with E-state index in [4.69, 9.17) is 31.9 Å². The summed E-state index contributed by atoms with van der Waals surface area (Å²) in [6, 6.07) is 1.19. The quantitative estimate of drug-likeness (QED) is 0.622. The summed E-state index contributed by atoms with van der Waals surface area (Å²) in [7, 11) is 2.96. The summed E-state index contributed by atoms with van der Waals surface area (Å²) >= 11 is 5.96. The lowest BCUT2D eigenvalue weighted by Gasteiger charge is -2.37. The molecule has 0 spiro atoms. The highest BCUT2D eigenvalue weighted by Gasteiger charge is 2.31. The number of pyridine rings is 1. The lowest BCUT2D eigenvalue weighted by atomic mass is 10.0. The molecule has 1 fully saturated rings. The molecule has 2 rings (SSSR count). The lowest BCUT2D eigenvalue weighted by molar-refractivity contribution is -0.137. The van der Waals surface area contributed by atoms with E-state index in [2.05, 4.69) is 10.3 Å². The maximum Gasteiger partial charge on any atom is 0.304 e. The number of halogens is 1. The monoisotopic (exact) mass is 386 g/mol. The highest BCUT2D eigenvalue weighted by atomic mass is 35.5. The van der Waals surface area contributed by atoms with Gasteiger partial charge in [0.2, 0.25) is 5.88 Å². The van der Waals surface area contributed by atoms with Gasteiger partial charge in [0.1, 0.15) is 11.4 Å². The summed E-state index contributed by atoms with van der Waals surface area (Å²) in [5.74, 6) is -1.05. The van der Waals surface area contributed by atoms with Gasteiger partial charge in [-0.1, -0.05) is 11.6 Å². The van der Waals surface area contributed by atoms with Crippen molar-refractivity contribution in [2.45, 2.75) is 25.0 Å². The first-order chi connectivity index (χ1) is 12.3. The van der Waals surface area contributed by atoms with Gasteiger partial charge in [-0.25, -0.2) is 0 Å². The number of carboxylic acid groups (broad SMARTS) is 1. The minimum atomic E-state index is -0.839. The van der Waals surface area contributed by atoms with Crippen LogP contribution in [0.5, 0.6) is 5.88 Å². The van der Waals surface area contributed by atoms with Crippen LogP contribution in [-0.4, -0.2) is 72.9 Å². The zero-order valence-corrected chi connectivity index (χ0v) is 15.5.